The third kappa shape index (κ3) is 3.95. The summed E-state index contributed by atoms with van der Waals surface area (Å²) in [5.74, 6) is 6.46. The lowest BCUT2D eigenvalue weighted by Gasteiger charge is -2.55. The van der Waals surface area contributed by atoms with E-state index in [9.17, 15) is 10.2 Å². The van der Waals surface area contributed by atoms with E-state index in [-0.39, 0.29) is 5.41 Å². The Bertz CT molecular complexity index is 1080. The van der Waals surface area contributed by atoms with Gasteiger partial charge in [0, 0.05) is 49.1 Å². The van der Waals surface area contributed by atoms with Crippen LogP contribution in [0.25, 0.3) is 0 Å². The largest absolute Gasteiger partial charge is 0.380 e. The van der Waals surface area contributed by atoms with E-state index in [1.807, 2.05) is 36.3 Å². The highest BCUT2D eigenvalue weighted by atomic mass is 16.3. The minimum atomic E-state index is -1.20. The van der Waals surface area contributed by atoms with Gasteiger partial charge in [-0.2, -0.15) is 0 Å². The third-order valence-electron chi connectivity index (χ3n) is 6.78. The Hall–Kier alpha value is -2.65. The van der Waals surface area contributed by atoms with Crippen LogP contribution < -0.4 is 0 Å². The number of aromatic nitrogens is 1. The van der Waals surface area contributed by atoms with Crippen LogP contribution in [0.3, 0.4) is 0 Å². The fourth-order valence-corrected chi connectivity index (χ4v) is 5.05. The number of β-amino-alcohol motifs (C(OH)–C–C–N with tert-alkyl or cyclic N) is 1. The van der Waals surface area contributed by atoms with Crippen molar-refractivity contribution in [2.45, 2.75) is 37.9 Å². The van der Waals surface area contributed by atoms with E-state index >= 15 is 0 Å². The summed E-state index contributed by atoms with van der Waals surface area (Å²) < 4.78 is 0. The van der Waals surface area contributed by atoms with Crippen LogP contribution in [0.5, 0.6) is 0 Å². The van der Waals surface area contributed by atoms with Crippen LogP contribution >= 0.6 is 0 Å². The number of hydrogen-bond donors (Lipinski definition) is 2. The predicted octanol–water partition coefficient (Wildman–Crippen LogP) is 2.93. The summed E-state index contributed by atoms with van der Waals surface area (Å²) in [6.07, 6.45) is 6.95. The molecule has 5 heteroatoms. The predicted molar refractivity (Wildman–Crippen MR) is 127 cm³/mol. The molecule has 168 valence electrons. The Labute approximate surface area is 191 Å². The Kier molecular flexibility index (Phi) is 5.67. The van der Waals surface area contributed by atoms with Crippen molar-refractivity contribution in [2.24, 2.45) is 5.41 Å². The number of aliphatic hydroxyl groups is 2. The van der Waals surface area contributed by atoms with Gasteiger partial charge < -0.3 is 20.0 Å². The van der Waals surface area contributed by atoms with Crippen molar-refractivity contribution in [3.8, 4) is 11.8 Å². The molecule has 1 aromatic heterocycles. The molecule has 5 nitrogen and oxygen atoms in total. The van der Waals surface area contributed by atoms with Crippen molar-refractivity contribution in [3.63, 3.8) is 0 Å². The van der Waals surface area contributed by atoms with Gasteiger partial charge in [-0.1, -0.05) is 56.9 Å². The lowest BCUT2D eigenvalue weighted by Crippen LogP contribution is -2.63. The average molecular weight is 432 g/mol. The zero-order chi connectivity index (χ0) is 23.1. The fraction of sp³-hybridized carbons (Fsp3) is 0.444. The highest BCUT2D eigenvalue weighted by Crippen LogP contribution is 2.50. The third-order valence-corrected chi connectivity index (χ3v) is 6.78. The molecule has 1 saturated heterocycles. The van der Waals surface area contributed by atoms with Crippen LogP contribution in [0.4, 0.5) is 0 Å². The Morgan fingerprint density at radius 3 is 2.31 bits per heavy atom. The second kappa shape index (κ2) is 8.04. The lowest BCUT2D eigenvalue weighted by atomic mass is 9.62. The maximum atomic E-state index is 12.3. The van der Waals surface area contributed by atoms with Gasteiger partial charge in [-0.05, 0) is 42.4 Å². The van der Waals surface area contributed by atoms with Crippen molar-refractivity contribution < 1.29 is 10.2 Å². The highest BCUT2D eigenvalue weighted by molar-refractivity contribution is 5.46. The molecule has 0 spiro atoms. The van der Waals surface area contributed by atoms with Crippen molar-refractivity contribution in [2.75, 3.05) is 33.7 Å². The molecule has 0 aliphatic carbocycles. The Balaban J connectivity index is 1.75. The molecule has 0 saturated carbocycles. The molecule has 2 aliphatic heterocycles. The maximum Gasteiger partial charge on any atom is 0.163 e. The fourth-order valence-electron chi connectivity index (χ4n) is 5.05. The van der Waals surface area contributed by atoms with Gasteiger partial charge >= 0.3 is 0 Å². The number of benzene rings is 1. The molecule has 1 aromatic carbocycles. The van der Waals surface area contributed by atoms with E-state index in [2.05, 4.69) is 61.7 Å². The molecule has 2 N–H and O–H groups in total. The first-order valence-corrected chi connectivity index (χ1v) is 11.2. The molecule has 1 fully saturated rings. The van der Waals surface area contributed by atoms with Crippen LogP contribution in [0.2, 0.25) is 0 Å². The average Bonchev–Trinajstić information content (AvgIpc) is 3.10. The second-order valence-electron chi connectivity index (χ2n) is 10.1. The minimum Gasteiger partial charge on any atom is -0.380 e. The maximum absolute atomic E-state index is 12.3. The van der Waals surface area contributed by atoms with Crippen molar-refractivity contribution in [3.05, 3.63) is 77.3 Å². The van der Waals surface area contributed by atoms with Crippen LogP contribution in [-0.4, -0.2) is 64.3 Å². The summed E-state index contributed by atoms with van der Waals surface area (Å²) >= 11 is 0. The molecule has 32 heavy (non-hydrogen) atoms. The van der Waals surface area contributed by atoms with E-state index in [0.29, 0.717) is 18.0 Å². The van der Waals surface area contributed by atoms with Crippen LogP contribution in [-0.2, 0) is 5.60 Å². The molecule has 3 heterocycles. The Morgan fingerprint density at radius 2 is 1.75 bits per heavy atom. The normalized spacial score (nSPS) is 24.1. The van der Waals surface area contributed by atoms with Gasteiger partial charge in [0.1, 0.15) is 5.60 Å². The quantitative estimate of drug-likeness (QED) is 0.729. The summed E-state index contributed by atoms with van der Waals surface area (Å²) in [6, 6.07) is 10.2. The first kappa shape index (κ1) is 22.5. The van der Waals surface area contributed by atoms with E-state index in [1.54, 1.807) is 18.5 Å². The minimum absolute atomic E-state index is 0.357. The van der Waals surface area contributed by atoms with Gasteiger partial charge in [0.2, 0.25) is 0 Å². The van der Waals surface area contributed by atoms with Gasteiger partial charge in [-0.25, -0.2) is 0 Å². The smallest absolute Gasteiger partial charge is 0.163 e. The molecule has 0 unspecified atom stereocenters. The molecule has 4 rings (SSSR count). The van der Waals surface area contributed by atoms with Gasteiger partial charge in [-0.3, -0.25) is 4.98 Å². The monoisotopic (exact) mass is 431 g/mol. The van der Waals surface area contributed by atoms with Gasteiger partial charge in [0.15, 0.2) is 5.60 Å². The number of likely N-dealkylation sites (tertiary alicyclic amines) is 1. The van der Waals surface area contributed by atoms with Gasteiger partial charge in [0.25, 0.3) is 0 Å². The van der Waals surface area contributed by atoms with Crippen molar-refractivity contribution >= 4 is 0 Å². The first-order chi connectivity index (χ1) is 15.0. The van der Waals surface area contributed by atoms with E-state index in [0.717, 1.165) is 24.2 Å². The summed E-state index contributed by atoms with van der Waals surface area (Å²) in [4.78, 5) is 8.52. The molecule has 0 amide bonds. The van der Waals surface area contributed by atoms with Crippen LogP contribution in [0.15, 0.2) is 55.0 Å². The lowest BCUT2D eigenvalue weighted by molar-refractivity contribution is -0.127. The van der Waals surface area contributed by atoms with E-state index < -0.39 is 11.2 Å². The number of likely N-dealkylation sites (N-methyl/N-ethyl adjacent to an activating group) is 1. The summed E-state index contributed by atoms with van der Waals surface area (Å²) in [6.45, 7) is 8.46. The standard InChI is InChI=1S/C27H33N3O2/c1-20(2)22-6-8-23(9-7-22)27(32,25(3)17-30(5)18-25)24-14-21(15-28-16-24)10-11-26(31)12-13-29(4)19-26/h6-9,12-16,20,31-32H,17-19H2,1-5H3/t26-,27-/m0/s1. The number of rotatable bonds is 4. The number of pyridine rings is 1. The van der Waals surface area contributed by atoms with Crippen molar-refractivity contribution in [1.29, 1.82) is 0 Å². The molecule has 2 aliphatic rings. The molecular weight excluding hydrogens is 398 g/mol. The molecular formula is C27H33N3O2. The molecule has 0 bridgehead atoms. The molecule has 2 aromatic rings. The molecule has 0 radical (unpaired) electrons. The van der Waals surface area contributed by atoms with Crippen LogP contribution in [0.1, 0.15) is 48.9 Å². The summed E-state index contributed by atoms with van der Waals surface area (Å²) in [5.41, 5.74) is 0.774. The van der Waals surface area contributed by atoms with E-state index in [1.165, 1.54) is 5.56 Å². The van der Waals surface area contributed by atoms with Gasteiger partial charge in [0.05, 0.1) is 6.54 Å². The SMILES string of the molecule is CC(C)c1ccc([C@](O)(c2cncc(C#C[C@]3(O)C=CN(C)C3)c2)C2(C)CN(C)C2)cc1. The Morgan fingerprint density at radius 1 is 1.06 bits per heavy atom. The number of nitrogens with zero attached hydrogens (tertiary/aromatic N) is 3. The first-order valence-electron chi connectivity index (χ1n) is 11.2. The number of hydrogen-bond acceptors (Lipinski definition) is 5. The highest BCUT2D eigenvalue weighted by Gasteiger charge is 2.55. The summed E-state index contributed by atoms with van der Waals surface area (Å²) in [7, 11) is 3.97. The zero-order valence-electron chi connectivity index (χ0n) is 19.6. The second-order valence-corrected chi connectivity index (χ2v) is 10.1. The zero-order valence-corrected chi connectivity index (χ0v) is 19.6. The van der Waals surface area contributed by atoms with Crippen LogP contribution in [0, 0.1) is 17.3 Å². The van der Waals surface area contributed by atoms with Crippen molar-refractivity contribution in [1.82, 2.24) is 14.8 Å². The van der Waals surface area contributed by atoms with E-state index in [4.69, 9.17) is 0 Å². The topological polar surface area (TPSA) is 59.8 Å². The van der Waals surface area contributed by atoms with Gasteiger partial charge in [-0.15, -0.1) is 0 Å². The molecule has 2 atom stereocenters. The summed E-state index contributed by atoms with van der Waals surface area (Å²) in [5, 5.41) is 22.9.